The fourth-order valence-electron chi connectivity index (χ4n) is 6.24. The van der Waals surface area contributed by atoms with Gasteiger partial charge in [0.2, 0.25) is 0 Å². The van der Waals surface area contributed by atoms with Gasteiger partial charge in [0.15, 0.2) is 12.6 Å². The predicted octanol–water partition coefficient (Wildman–Crippen LogP) is 3.19. The highest BCUT2D eigenvalue weighted by molar-refractivity contribution is 7.99. The van der Waals surface area contributed by atoms with Crippen LogP contribution in [0.1, 0.15) is 92.4 Å². The normalized spacial score (nSPS) is 29.7. The third kappa shape index (κ3) is 16.1. The van der Waals surface area contributed by atoms with Crippen LogP contribution in [-0.2, 0) is 33.2 Å². The summed E-state index contributed by atoms with van der Waals surface area (Å²) in [6, 6.07) is 0. The Bertz CT molecular complexity index is 893. The van der Waals surface area contributed by atoms with Crippen molar-refractivity contribution in [3.8, 4) is 0 Å². The molecule has 2 saturated heterocycles. The predicted molar refractivity (Wildman–Crippen MR) is 205 cm³/mol. The smallest absolute Gasteiger partial charge is 0.187 e. The molecule has 2 aliphatic rings. The van der Waals surface area contributed by atoms with Crippen LogP contribution in [0.15, 0.2) is 0 Å². The molecule has 10 atom stereocenters. The van der Waals surface area contributed by atoms with Crippen LogP contribution in [0.3, 0.4) is 0 Å². The van der Waals surface area contributed by atoms with Gasteiger partial charge in [-0.1, -0.05) is 59.2 Å². The van der Waals surface area contributed by atoms with Crippen LogP contribution in [0.25, 0.3) is 0 Å². The minimum atomic E-state index is -1.42. The second-order valence-electron chi connectivity index (χ2n) is 14.0. The van der Waals surface area contributed by atoms with Gasteiger partial charge in [-0.3, -0.25) is 0 Å². The van der Waals surface area contributed by atoms with Crippen molar-refractivity contribution >= 4 is 29.0 Å². The van der Waals surface area contributed by atoms with Crippen LogP contribution < -0.4 is 5.32 Å². The van der Waals surface area contributed by atoms with E-state index in [0.29, 0.717) is 64.8 Å². The fourth-order valence-corrected chi connectivity index (χ4v) is 7.47. The molecule has 2 aliphatic heterocycles. The Morgan fingerprint density at radius 3 is 1.83 bits per heavy atom. The lowest BCUT2D eigenvalue weighted by molar-refractivity contribution is -0.351. The summed E-state index contributed by atoms with van der Waals surface area (Å²) in [6.45, 7) is 14.2. The van der Waals surface area contributed by atoms with Gasteiger partial charge in [-0.2, -0.15) is 11.8 Å². The van der Waals surface area contributed by atoms with Crippen molar-refractivity contribution in [3.05, 3.63) is 0 Å². The van der Waals surface area contributed by atoms with Gasteiger partial charge in [0.1, 0.15) is 24.4 Å². The van der Waals surface area contributed by atoms with Crippen LogP contribution >= 0.6 is 24.0 Å². The van der Waals surface area contributed by atoms with Gasteiger partial charge in [0, 0.05) is 44.6 Å². The molecule has 52 heavy (non-hydrogen) atoms. The van der Waals surface area contributed by atoms with E-state index in [0.717, 1.165) is 55.7 Å². The van der Waals surface area contributed by atoms with Crippen molar-refractivity contribution in [2.24, 2.45) is 11.3 Å². The molecule has 6 N–H and O–H groups in total. The number of nitrogens with one attached hydrogen (secondary N) is 1. The van der Waals surface area contributed by atoms with Gasteiger partial charge in [0.05, 0.1) is 55.1 Å². The summed E-state index contributed by atoms with van der Waals surface area (Å²) in [7, 11) is 0. The minimum Gasteiger partial charge on any atom is -0.394 e. The number of hydrogen-bond acceptors (Lipinski definition) is 14. The number of thioether (sulfide) groups is 1. The van der Waals surface area contributed by atoms with Crippen molar-refractivity contribution in [1.29, 1.82) is 0 Å². The molecule has 0 aromatic carbocycles. The first-order chi connectivity index (χ1) is 25.1. The highest BCUT2D eigenvalue weighted by Crippen LogP contribution is 2.33. The highest BCUT2D eigenvalue weighted by atomic mass is 32.2. The van der Waals surface area contributed by atoms with Gasteiger partial charge in [0.25, 0.3) is 0 Å². The molecule has 0 bridgehead atoms. The molecule has 15 heteroatoms. The summed E-state index contributed by atoms with van der Waals surface area (Å²) in [5.41, 5.74) is -0.371. The molecule has 13 nitrogen and oxygen atoms in total. The van der Waals surface area contributed by atoms with Crippen LogP contribution in [-0.4, -0.2) is 157 Å². The molecule has 308 valence electrons. The summed E-state index contributed by atoms with van der Waals surface area (Å²) in [6.07, 6.45) is -2.33. The number of unbranched alkanes of at least 4 members (excludes halogenated alkanes) is 3. The summed E-state index contributed by atoms with van der Waals surface area (Å²) in [5, 5.41) is 56.7. The van der Waals surface area contributed by atoms with E-state index in [2.05, 4.69) is 26.1 Å². The van der Waals surface area contributed by atoms with Crippen molar-refractivity contribution in [3.63, 3.8) is 0 Å². The molecule has 6 unspecified atom stereocenters. The molecule has 2 heterocycles. The molecule has 0 amide bonds. The average Bonchev–Trinajstić information content (AvgIpc) is 3.14. The Hall–Kier alpha value is -0.240. The van der Waals surface area contributed by atoms with E-state index in [4.69, 9.17) is 45.4 Å². The van der Waals surface area contributed by atoms with Crippen molar-refractivity contribution in [2.75, 3.05) is 70.9 Å². The Labute approximate surface area is 322 Å². The topological polar surface area (TPSA) is 178 Å². The Balaban J connectivity index is 1.99. The van der Waals surface area contributed by atoms with Gasteiger partial charge in [-0.05, 0) is 51.2 Å². The number of rotatable bonds is 29. The maximum atomic E-state index is 11.1. The summed E-state index contributed by atoms with van der Waals surface area (Å²) >= 11 is 7.34. The number of hydrogen-bond donors (Lipinski definition) is 6. The van der Waals surface area contributed by atoms with Gasteiger partial charge < -0.3 is 64.0 Å². The zero-order chi connectivity index (χ0) is 38.4. The van der Waals surface area contributed by atoms with E-state index in [1.165, 1.54) is 0 Å². The average molecular weight is 786 g/mol. The number of aliphatic hydroxyl groups is 5. The number of thiocarbonyl (C=S) groups is 1. The Morgan fingerprint density at radius 1 is 0.750 bits per heavy atom. The van der Waals surface area contributed by atoms with Crippen molar-refractivity contribution < 1.29 is 58.7 Å². The summed E-state index contributed by atoms with van der Waals surface area (Å²) in [5.74, 6) is 0.623. The first-order valence-electron chi connectivity index (χ1n) is 19.6. The Kier molecular flexibility index (Phi) is 25.2. The zero-order valence-electron chi connectivity index (χ0n) is 32.3. The van der Waals surface area contributed by atoms with Crippen LogP contribution in [0.4, 0.5) is 0 Å². The second kappa shape index (κ2) is 27.4. The van der Waals surface area contributed by atoms with Crippen molar-refractivity contribution in [1.82, 2.24) is 5.32 Å². The third-order valence-corrected chi connectivity index (χ3v) is 11.0. The van der Waals surface area contributed by atoms with Gasteiger partial charge in [-0.25, -0.2) is 0 Å². The third-order valence-electron chi connectivity index (χ3n) is 9.55. The molecule has 0 aromatic heterocycles. The Morgan fingerprint density at radius 2 is 1.31 bits per heavy atom. The fraction of sp³-hybridized carbons (Fsp3) is 0.973. The maximum absolute atomic E-state index is 11.1. The molecule has 0 spiro atoms. The van der Waals surface area contributed by atoms with Crippen LogP contribution in [0.2, 0.25) is 0 Å². The molecular weight excluding hydrogens is 715 g/mol. The molecular formula is C37H71NO12S2. The molecule has 0 aliphatic carbocycles. The molecule has 0 radical (unpaired) electrons. The van der Waals surface area contributed by atoms with Crippen molar-refractivity contribution in [2.45, 2.75) is 148 Å². The van der Waals surface area contributed by atoms with E-state index < -0.39 is 61.2 Å². The highest BCUT2D eigenvalue weighted by Gasteiger charge is 2.50. The molecule has 2 fully saturated rings. The lowest BCUT2D eigenvalue weighted by Gasteiger charge is -2.47. The van der Waals surface area contributed by atoms with E-state index >= 15 is 0 Å². The maximum Gasteiger partial charge on any atom is 0.187 e. The minimum absolute atomic E-state index is 0.263. The number of ether oxygens (including phenoxy) is 7. The second-order valence-corrected chi connectivity index (χ2v) is 15.7. The monoisotopic (exact) mass is 785 g/mol. The zero-order valence-corrected chi connectivity index (χ0v) is 34.0. The van der Waals surface area contributed by atoms with Gasteiger partial charge in [-0.15, -0.1) is 0 Å². The van der Waals surface area contributed by atoms with E-state index in [1.807, 2.05) is 6.92 Å². The molecule has 2 rings (SSSR count). The van der Waals surface area contributed by atoms with Crippen LogP contribution in [0, 0.1) is 11.3 Å². The van der Waals surface area contributed by atoms with E-state index in [-0.39, 0.29) is 18.6 Å². The lowest BCUT2D eigenvalue weighted by atomic mass is 9.87. The van der Waals surface area contributed by atoms with Gasteiger partial charge >= 0.3 is 0 Å². The molecule has 0 aromatic rings. The quantitative estimate of drug-likeness (QED) is 0.0481. The first kappa shape index (κ1) is 47.9. The number of aliphatic hydroxyl groups excluding tert-OH is 5. The first-order valence-corrected chi connectivity index (χ1v) is 21.2. The SMILES string of the molecule is CCCCOCC(CNC(=S)CCCSCC1O[C@H](OCC)C(O)[C@@H](O)C1O[C@H]1OC(CO)C(CC)[C@H](O)C1O)(COCCCC)COCCCC. The largest absolute Gasteiger partial charge is 0.394 e. The van der Waals surface area contributed by atoms with E-state index in [9.17, 15) is 25.5 Å². The molecule has 0 saturated carbocycles. The van der Waals surface area contributed by atoms with E-state index in [1.54, 1.807) is 18.7 Å². The van der Waals surface area contributed by atoms with Crippen LogP contribution in [0.5, 0.6) is 0 Å². The summed E-state index contributed by atoms with van der Waals surface area (Å²) < 4.78 is 41.9. The lowest BCUT2D eigenvalue weighted by Crippen LogP contribution is -2.63. The standard InChI is InChI=1S/C37H71NO12S2/c1-6-11-16-44-23-37(24-45-17-12-7-2,25-46-18-13-8-3)22-38-29(51)15-14-19-52-21-28-34(31(41)33(43)35(49-28)47-10-5)50-36-32(42)30(40)26(9-4)27(20-39)48-36/h26-28,30-36,39-43H,6-25H2,1-5H3,(H,38,51)/t26?,27?,28?,30-,31+,32?,33?,34?,35-,36+/m0/s1. The summed E-state index contributed by atoms with van der Waals surface area (Å²) in [4.78, 5) is 0.747.